The van der Waals surface area contributed by atoms with Gasteiger partial charge in [0.2, 0.25) is 11.6 Å². The third-order valence-electron chi connectivity index (χ3n) is 4.12. The summed E-state index contributed by atoms with van der Waals surface area (Å²) in [6.45, 7) is 0.549. The number of aromatic nitrogens is 4. The Kier molecular flexibility index (Phi) is 3.12. The van der Waals surface area contributed by atoms with Crippen molar-refractivity contribution >= 4 is 23.1 Å². The second-order valence-electron chi connectivity index (χ2n) is 5.60. The molecule has 0 unspecified atom stereocenters. The van der Waals surface area contributed by atoms with Gasteiger partial charge < -0.3 is 10.6 Å². The molecule has 124 valence electrons. The van der Waals surface area contributed by atoms with E-state index in [1.807, 2.05) is 0 Å². The van der Waals surface area contributed by atoms with Crippen molar-refractivity contribution in [3.8, 4) is 0 Å². The third kappa shape index (κ3) is 2.24. The monoisotopic (exact) mass is 334 g/mol. The van der Waals surface area contributed by atoms with Crippen molar-refractivity contribution in [3.05, 3.63) is 41.7 Å². The number of nitrogens with two attached hydrogens (primary N) is 1. The van der Waals surface area contributed by atoms with Gasteiger partial charge in [0, 0.05) is 24.6 Å². The lowest BCUT2D eigenvalue weighted by atomic mass is 9.99. The van der Waals surface area contributed by atoms with Crippen LogP contribution in [0.3, 0.4) is 0 Å². The molecule has 2 N–H and O–H groups in total. The maximum atomic E-state index is 13.1. The second-order valence-corrected chi connectivity index (χ2v) is 5.60. The van der Waals surface area contributed by atoms with E-state index in [2.05, 4.69) is 15.2 Å². The van der Waals surface area contributed by atoms with Gasteiger partial charge in [0.1, 0.15) is 0 Å². The highest BCUT2D eigenvalue weighted by Crippen LogP contribution is 2.38. The smallest absolute Gasteiger partial charge is 0.368 e. The number of hydrogen-bond donors (Lipinski definition) is 1. The first kappa shape index (κ1) is 14.7. The van der Waals surface area contributed by atoms with Crippen molar-refractivity contribution in [2.75, 3.05) is 17.2 Å². The van der Waals surface area contributed by atoms with Crippen LogP contribution >= 0.6 is 0 Å². The second kappa shape index (κ2) is 5.08. The SMILES string of the molecule is Nc1nnc2c(N3CCCc4ccc(C(F)(F)F)cc43)nccn12. The predicted molar refractivity (Wildman–Crippen MR) is 82.0 cm³/mol. The van der Waals surface area contributed by atoms with E-state index in [1.165, 1.54) is 18.3 Å². The molecule has 0 atom stereocenters. The standard InChI is InChI=1S/C15H13F3N6/c16-15(17,18)10-4-3-9-2-1-6-23(11(9)8-10)12-13-21-22-14(19)24(13)7-5-20-12/h3-5,7-8H,1-2,6H2,(H2,19,22). The van der Waals surface area contributed by atoms with Gasteiger partial charge in [-0.15, -0.1) is 10.2 Å². The summed E-state index contributed by atoms with van der Waals surface area (Å²) in [4.78, 5) is 6.05. The number of anilines is 3. The van der Waals surface area contributed by atoms with Crippen LogP contribution < -0.4 is 10.6 Å². The van der Waals surface area contributed by atoms with E-state index in [0.717, 1.165) is 24.5 Å². The summed E-state index contributed by atoms with van der Waals surface area (Å²) >= 11 is 0. The number of benzene rings is 1. The zero-order valence-electron chi connectivity index (χ0n) is 12.5. The average molecular weight is 334 g/mol. The van der Waals surface area contributed by atoms with Crippen molar-refractivity contribution < 1.29 is 13.2 Å². The molecule has 0 bridgehead atoms. The number of fused-ring (bicyclic) bond motifs is 2. The number of aryl methyl sites for hydroxylation is 1. The molecule has 1 aliphatic rings. The van der Waals surface area contributed by atoms with Gasteiger partial charge in [-0.3, -0.25) is 4.40 Å². The van der Waals surface area contributed by atoms with Gasteiger partial charge >= 0.3 is 6.18 Å². The zero-order chi connectivity index (χ0) is 16.9. The van der Waals surface area contributed by atoms with Crippen LogP contribution in [0.5, 0.6) is 0 Å². The maximum Gasteiger partial charge on any atom is 0.416 e. The van der Waals surface area contributed by atoms with E-state index in [1.54, 1.807) is 15.5 Å². The molecule has 1 aliphatic heterocycles. The van der Waals surface area contributed by atoms with E-state index >= 15 is 0 Å². The summed E-state index contributed by atoms with van der Waals surface area (Å²) in [6.07, 6.45) is 0.290. The van der Waals surface area contributed by atoms with Crippen LogP contribution in [0.1, 0.15) is 17.5 Å². The molecular formula is C15H13F3N6. The van der Waals surface area contributed by atoms with E-state index in [4.69, 9.17) is 5.73 Å². The Hall–Kier alpha value is -2.84. The van der Waals surface area contributed by atoms with Crippen LogP contribution in [-0.2, 0) is 12.6 Å². The fraction of sp³-hybridized carbons (Fsp3) is 0.267. The Morgan fingerprint density at radius 1 is 1.17 bits per heavy atom. The van der Waals surface area contributed by atoms with Crippen LogP contribution in [0.15, 0.2) is 30.6 Å². The number of halogens is 3. The van der Waals surface area contributed by atoms with E-state index < -0.39 is 11.7 Å². The summed E-state index contributed by atoms with van der Waals surface area (Å²) in [7, 11) is 0. The molecule has 3 heterocycles. The van der Waals surface area contributed by atoms with E-state index in [9.17, 15) is 13.2 Å². The summed E-state index contributed by atoms with van der Waals surface area (Å²) in [5.74, 6) is 0.650. The van der Waals surface area contributed by atoms with Gasteiger partial charge in [0.15, 0.2) is 5.82 Å². The van der Waals surface area contributed by atoms with E-state index in [0.29, 0.717) is 23.7 Å². The topological polar surface area (TPSA) is 72.3 Å². The first-order valence-electron chi connectivity index (χ1n) is 7.38. The minimum Gasteiger partial charge on any atom is -0.368 e. The summed E-state index contributed by atoms with van der Waals surface area (Å²) in [5.41, 5.74) is 6.83. The Bertz CT molecular complexity index is 917. The molecule has 0 aliphatic carbocycles. The average Bonchev–Trinajstić information content (AvgIpc) is 2.94. The van der Waals surface area contributed by atoms with Crippen molar-refractivity contribution in [3.63, 3.8) is 0 Å². The highest BCUT2D eigenvalue weighted by atomic mass is 19.4. The Labute approximate surface area is 134 Å². The minimum atomic E-state index is -4.39. The highest BCUT2D eigenvalue weighted by molar-refractivity contribution is 5.75. The van der Waals surface area contributed by atoms with Crippen LogP contribution in [0.4, 0.5) is 30.6 Å². The number of nitrogen functional groups attached to an aromatic ring is 1. The normalized spacial score (nSPS) is 14.9. The quantitative estimate of drug-likeness (QED) is 0.741. The summed E-state index contributed by atoms with van der Waals surface area (Å²) in [6, 6.07) is 3.81. The molecule has 0 radical (unpaired) electrons. The summed E-state index contributed by atoms with van der Waals surface area (Å²) < 4.78 is 40.8. The molecule has 0 spiro atoms. The Balaban J connectivity index is 1.89. The molecule has 3 aromatic rings. The van der Waals surface area contributed by atoms with Gasteiger partial charge in [-0.1, -0.05) is 6.07 Å². The molecule has 0 fully saturated rings. The molecule has 1 aromatic carbocycles. The molecule has 4 rings (SSSR count). The lowest BCUT2D eigenvalue weighted by Gasteiger charge is -2.31. The molecule has 2 aromatic heterocycles. The van der Waals surface area contributed by atoms with Gasteiger partial charge in [-0.2, -0.15) is 13.2 Å². The zero-order valence-corrected chi connectivity index (χ0v) is 12.5. The van der Waals surface area contributed by atoms with Crippen LogP contribution in [0.25, 0.3) is 5.65 Å². The molecular weight excluding hydrogens is 321 g/mol. The number of rotatable bonds is 1. The van der Waals surface area contributed by atoms with Crippen LogP contribution in [0, 0.1) is 0 Å². The summed E-state index contributed by atoms with van der Waals surface area (Å²) in [5, 5.41) is 7.81. The predicted octanol–water partition coefficient (Wildman–Crippen LogP) is 2.81. The molecule has 24 heavy (non-hydrogen) atoms. The maximum absolute atomic E-state index is 13.1. The van der Waals surface area contributed by atoms with E-state index in [-0.39, 0.29) is 5.95 Å². The molecule has 0 saturated carbocycles. The highest BCUT2D eigenvalue weighted by Gasteiger charge is 2.33. The van der Waals surface area contributed by atoms with Crippen LogP contribution in [-0.4, -0.2) is 26.1 Å². The number of hydrogen-bond acceptors (Lipinski definition) is 5. The van der Waals surface area contributed by atoms with Crippen molar-refractivity contribution in [2.45, 2.75) is 19.0 Å². The molecule has 0 saturated heterocycles. The fourth-order valence-electron chi connectivity index (χ4n) is 2.99. The largest absolute Gasteiger partial charge is 0.416 e. The molecule has 9 heteroatoms. The van der Waals surface area contributed by atoms with Crippen molar-refractivity contribution in [2.24, 2.45) is 0 Å². The van der Waals surface area contributed by atoms with Crippen molar-refractivity contribution in [1.29, 1.82) is 0 Å². The lowest BCUT2D eigenvalue weighted by Crippen LogP contribution is -2.26. The Morgan fingerprint density at radius 2 is 2.00 bits per heavy atom. The van der Waals surface area contributed by atoms with Gasteiger partial charge in [0.05, 0.1) is 5.56 Å². The van der Waals surface area contributed by atoms with Gasteiger partial charge in [0.25, 0.3) is 0 Å². The molecule has 6 nitrogen and oxygen atoms in total. The van der Waals surface area contributed by atoms with Gasteiger partial charge in [-0.25, -0.2) is 4.98 Å². The Morgan fingerprint density at radius 3 is 2.79 bits per heavy atom. The lowest BCUT2D eigenvalue weighted by molar-refractivity contribution is -0.137. The van der Waals surface area contributed by atoms with Gasteiger partial charge in [-0.05, 0) is 30.5 Å². The first-order valence-corrected chi connectivity index (χ1v) is 7.38. The third-order valence-corrected chi connectivity index (χ3v) is 4.12. The number of alkyl halides is 3. The van der Waals surface area contributed by atoms with Crippen molar-refractivity contribution in [1.82, 2.24) is 19.6 Å². The van der Waals surface area contributed by atoms with Crippen LogP contribution in [0.2, 0.25) is 0 Å². The fourth-order valence-corrected chi connectivity index (χ4v) is 2.99. The minimum absolute atomic E-state index is 0.204. The first-order chi connectivity index (χ1) is 11.4. The number of nitrogens with zero attached hydrogens (tertiary/aromatic N) is 5. The molecule has 0 amide bonds.